The molecule has 0 spiro atoms. The molecule has 0 saturated carbocycles. The smallest absolute Gasteiger partial charge is 0.355 e. The van der Waals surface area contributed by atoms with Gasteiger partial charge in [0, 0.05) is 11.8 Å². The van der Waals surface area contributed by atoms with Gasteiger partial charge in [-0.25, -0.2) is 14.8 Å². The number of carboxylic acid groups (broad SMARTS) is 1. The summed E-state index contributed by atoms with van der Waals surface area (Å²) in [6.07, 6.45) is 2.16. The Labute approximate surface area is 127 Å². The summed E-state index contributed by atoms with van der Waals surface area (Å²) in [5, 5.41) is 9.16. The first-order chi connectivity index (χ1) is 10.5. The Hall–Kier alpha value is -2.76. The van der Waals surface area contributed by atoms with Crippen LogP contribution in [0.3, 0.4) is 0 Å². The second-order valence-electron chi connectivity index (χ2n) is 4.69. The van der Waals surface area contributed by atoms with E-state index in [9.17, 15) is 9.59 Å². The molecule has 0 aliphatic heterocycles. The molecule has 0 fully saturated rings. The van der Waals surface area contributed by atoms with Crippen molar-refractivity contribution in [2.45, 2.75) is 20.3 Å². The van der Waals surface area contributed by atoms with Gasteiger partial charge >= 0.3 is 5.97 Å². The van der Waals surface area contributed by atoms with E-state index in [1.54, 1.807) is 24.3 Å². The lowest BCUT2D eigenvalue weighted by molar-refractivity contribution is 0.0685. The van der Waals surface area contributed by atoms with Crippen LogP contribution in [-0.4, -0.2) is 33.4 Å². The van der Waals surface area contributed by atoms with Crippen LogP contribution in [0.5, 0.6) is 5.75 Å². The highest BCUT2D eigenvalue weighted by Crippen LogP contribution is 2.20. The van der Waals surface area contributed by atoms with Crippen molar-refractivity contribution in [2.75, 3.05) is 6.61 Å². The maximum absolute atomic E-state index is 11.4. The summed E-state index contributed by atoms with van der Waals surface area (Å²) in [6, 6.07) is 7.04. The number of ketones is 1. The Morgan fingerprint density at radius 3 is 2.45 bits per heavy atom. The zero-order valence-corrected chi connectivity index (χ0v) is 12.4. The van der Waals surface area contributed by atoms with E-state index in [4.69, 9.17) is 9.84 Å². The minimum Gasteiger partial charge on any atom is -0.494 e. The molecule has 22 heavy (non-hydrogen) atoms. The molecule has 0 saturated heterocycles. The van der Waals surface area contributed by atoms with Crippen LogP contribution >= 0.6 is 0 Å². The number of carboxylic acids is 1. The predicted molar refractivity (Wildman–Crippen MR) is 80.2 cm³/mol. The Morgan fingerprint density at radius 1 is 1.23 bits per heavy atom. The van der Waals surface area contributed by atoms with E-state index in [1.807, 2.05) is 6.92 Å². The quantitative estimate of drug-likeness (QED) is 0.825. The second kappa shape index (κ2) is 6.80. The fourth-order valence-corrected chi connectivity index (χ4v) is 1.86. The van der Waals surface area contributed by atoms with Crippen LogP contribution in [0.15, 0.2) is 30.5 Å². The van der Waals surface area contributed by atoms with Crippen molar-refractivity contribution in [3.8, 4) is 17.1 Å². The predicted octanol–water partition coefficient (Wildman–Crippen LogP) is 2.83. The van der Waals surface area contributed by atoms with E-state index in [0.717, 1.165) is 12.2 Å². The summed E-state index contributed by atoms with van der Waals surface area (Å²) in [7, 11) is 0. The molecular weight excluding hydrogens is 284 g/mol. The van der Waals surface area contributed by atoms with Crippen LogP contribution in [0.4, 0.5) is 0 Å². The maximum atomic E-state index is 11.4. The zero-order valence-electron chi connectivity index (χ0n) is 12.4. The monoisotopic (exact) mass is 300 g/mol. The average Bonchev–Trinajstić information content (AvgIpc) is 2.52. The van der Waals surface area contributed by atoms with Gasteiger partial charge in [-0.05, 0) is 37.6 Å². The highest BCUT2D eigenvalue weighted by Gasteiger charge is 2.17. The van der Waals surface area contributed by atoms with Gasteiger partial charge in [0.05, 0.1) is 12.2 Å². The molecule has 114 valence electrons. The number of rotatable bonds is 6. The molecular formula is C16H16N2O4. The van der Waals surface area contributed by atoms with Gasteiger partial charge in [-0.3, -0.25) is 4.79 Å². The van der Waals surface area contributed by atoms with Crippen molar-refractivity contribution in [3.05, 3.63) is 41.7 Å². The third-order valence-electron chi connectivity index (χ3n) is 2.96. The summed E-state index contributed by atoms with van der Waals surface area (Å²) < 4.78 is 5.48. The van der Waals surface area contributed by atoms with Crippen molar-refractivity contribution in [3.63, 3.8) is 0 Å². The normalized spacial score (nSPS) is 10.3. The van der Waals surface area contributed by atoms with E-state index in [-0.39, 0.29) is 22.9 Å². The molecule has 0 aliphatic carbocycles. The summed E-state index contributed by atoms with van der Waals surface area (Å²) in [5.41, 5.74) is 0.365. The van der Waals surface area contributed by atoms with E-state index >= 15 is 0 Å². The topological polar surface area (TPSA) is 89.4 Å². The van der Waals surface area contributed by atoms with Crippen molar-refractivity contribution >= 4 is 11.8 Å². The number of hydrogen-bond acceptors (Lipinski definition) is 5. The third kappa shape index (κ3) is 3.46. The number of nitrogens with zero attached hydrogens (tertiary/aromatic N) is 2. The van der Waals surface area contributed by atoms with Gasteiger partial charge in [0.1, 0.15) is 5.75 Å². The fraction of sp³-hybridized carbons (Fsp3) is 0.250. The van der Waals surface area contributed by atoms with E-state index in [0.29, 0.717) is 12.2 Å². The van der Waals surface area contributed by atoms with Crippen LogP contribution in [-0.2, 0) is 0 Å². The Kier molecular flexibility index (Phi) is 4.83. The first-order valence-corrected chi connectivity index (χ1v) is 6.87. The van der Waals surface area contributed by atoms with Gasteiger partial charge < -0.3 is 9.84 Å². The molecule has 1 N–H and O–H groups in total. The summed E-state index contributed by atoms with van der Waals surface area (Å²) in [5.74, 6) is -0.655. The Morgan fingerprint density at radius 2 is 1.91 bits per heavy atom. The highest BCUT2D eigenvalue weighted by molar-refractivity contribution is 6.03. The van der Waals surface area contributed by atoms with Gasteiger partial charge in [-0.15, -0.1) is 0 Å². The molecule has 2 rings (SSSR count). The van der Waals surface area contributed by atoms with Gasteiger partial charge in [0.25, 0.3) is 0 Å². The number of hydrogen-bond donors (Lipinski definition) is 1. The van der Waals surface area contributed by atoms with Crippen molar-refractivity contribution in [1.29, 1.82) is 0 Å². The lowest BCUT2D eigenvalue weighted by atomic mass is 10.1. The largest absolute Gasteiger partial charge is 0.494 e. The van der Waals surface area contributed by atoms with Crippen LogP contribution in [0, 0.1) is 0 Å². The SMILES string of the molecule is CCCOc1ccc(-c2ncc(C(C)=O)c(C(=O)O)n2)cc1. The Bertz CT molecular complexity index is 696. The lowest BCUT2D eigenvalue weighted by Gasteiger charge is -2.07. The molecule has 0 unspecified atom stereocenters. The van der Waals surface area contributed by atoms with Crippen LogP contribution < -0.4 is 4.74 Å². The zero-order chi connectivity index (χ0) is 16.1. The third-order valence-corrected chi connectivity index (χ3v) is 2.96. The van der Waals surface area contributed by atoms with Crippen molar-refractivity contribution < 1.29 is 19.4 Å². The van der Waals surface area contributed by atoms with Gasteiger partial charge in [-0.2, -0.15) is 0 Å². The van der Waals surface area contributed by atoms with Crippen molar-refractivity contribution in [2.24, 2.45) is 0 Å². The first-order valence-electron chi connectivity index (χ1n) is 6.87. The molecule has 0 atom stereocenters. The molecule has 6 heteroatoms. The van der Waals surface area contributed by atoms with Gasteiger partial charge in [-0.1, -0.05) is 6.92 Å². The number of Topliss-reactive ketones (excluding diaryl/α,β-unsaturated/α-hetero) is 1. The number of ether oxygens (including phenoxy) is 1. The van der Waals surface area contributed by atoms with Gasteiger partial charge in [0.15, 0.2) is 17.3 Å². The molecule has 1 aromatic heterocycles. The minimum atomic E-state index is -1.25. The number of aromatic carboxylic acids is 1. The molecule has 0 radical (unpaired) electrons. The standard InChI is InChI=1S/C16H16N2O4/c1-3-8-22-12-6-4-11(5-7-12)15-17-9-13(10(2)19)14(18-15)16(20)21/h4-7,9H,3,8H2,1-2H3,(H,20,21). The number of carbonyl (C=O) groups is 2. The molecule has 6 nitrogen and oxygen atoms in total. The number of benzene rings is 1. The van der Waals surface area contributed by atoms with E-state index in [1.165, 1.54) is 13.1 Å². The molecule has 0 amide bonds. The van der Waals surface area contributed by atoms with Crippen LogP contribution in [0.2, 0.25) is 0 Å². The Balaban J connectivity index is 2.34. The average molecular weight is 300 g/mol. The summed E-state index contributed by atoms with van der Waals surface area (Å²) in [6.45, 7) is 3.93. The molecule has 1 aromatic carbocycles. The van der Waals surface area contributed by atoms with E-state index in [2.05, 4.69) is 9.97 Å². The minimum absolute atomic E-state index is 0.000788. The van der Waals surface area contributed by atoms with Crippen LogP contribution in [0.1, 0.15) is 41.1 Å². The number of aromatic nitrogens is 2. The van der Waals surface area contributed by atoms with Gasteiger partial charge in [0.2, 0.25) is 0 Å². The highest BCUT2D eigenvalue weighted by atomic mass is 16.5. The second-order valence-corrected chi connectivity index (χ2v) is 4.69. The molecule has 2 aromatic rings. The fourth-order valence-electron chi connectivity index (χ4n) is 1.86. The van der Waals surface area contributed by atoms with E-state index < -0.39 is 5.97 Å². The number of carbonyl (C=O) groups excluding carboxylic acids is 1. The summed E-state index contributed by atoms with van der Waals surface area (Å²) >= 11 is 0. The maximum Gasteiger partial charge on any atom is 0.355 e. The van der Waals surface area contributed by atoms with Crippen LogP contribution in [0.25, 0.3) is 11.4 Å². The summed E-state index contributed by atoms with van der Waals surface area (Å²) in [4.78, 5) is 30.7. The van der Waals surface area contributed by atoms with Crippen molar-refractivity contribution in [1.82, 2.24) is 9.97 Å². The molecule has 1 heterocycles. The first kappa shape index (κ1) is 15.6. The lowest BCUT2D eigenvalue weighted by Crippen LogP contribution is -2.11. The molecule has 0 bridgehead atoms. The molecule has 0 aliphatic rings.